The molecular weight excluding hydrogens is 296 g/mol. The maximum atomic E-state index is 11.2. The van der Waals surface area contributed by atoms with E-state index >= 15 is 0 Å². The molecule has 2 heterocycles. The Bertz CT molecular complexity index is 542. The van der Waals surface area contributed by atoms with E-state index in [0.717, 1.165) is 24.8 Å². The van der Waals surface area contributed by atoms with Gasteiger partial charge in [0, 0.05) is 13.3 Å². The molecule has 2 fully saturated rings. The van der Waals surface area contributed by atoms with Crippen LogP contribution in [-0.4, -0.2) is 30.3 Å². The van der Waals surface area contributed by atoms with Gasteiger partial charge in [-0.3, -0.25) is 4.79 Å². The summed E-state index contributed by atoms with van der Waals surface area (Å²) < 4.78 is 23.4. The van der Waals surface area contributed by atoms with Crippen LogP contribution in [0.1, 0.15) is 51.7 Å². The number of hydrogen-bond acceptors (Lipinski definition) is 5. The molecule has 2 aliphatic rings. The maximum absolute atomic E-state index is 11.2. The second-order valence-corrected chi connectivity index (χ2v) is 6.58. The summed E-state index contributed by atoms with van der Waals surface area (Å²) >= 11 is 0. The molecule has 0 spiro atoms. The van der Waals surface area contributed by atoms with Crippen molar-refractivity contribution in [2.75, 3.05) is 0 Å². The Balaban J connectivity index is 1.77. The highest BCUT2D eigenvalue weighted by Gasteiger charge is 2.47. The zero-order chi connectivity index (χ0) is 16.4. The summed E-state index contributed by atoms with van der Waals surface area (Å²) in [5, 5.41) is 0. The minimum absolute atomic E-state index is 0.153. The van der Waals surface area contributed by atoms with Crippen molar-refractivity contribution in [1.82, 2.24) is 0 Å². The van der Waals surface area contributed by atoms with Crippen LogP contribution in [0.3, 0.4) is 0 Å². The monoisotopic (exact) mass is 320 g/mol. The first-order chi connectivity index (χ1) is 10.9. The van der Waals surface area contributed by atoms with Gasteiger partial charge in [0.2, 0.25) is 6.29 Å². The molecule has 2 aliphatic heterocycles. The maximum Gasteiger partial charge on any atom is 0.304 e. The van der Waals surface area contributed by atoms with E-state index in [1.807, 2.05) is 44.2 Å². The summed E-state index contributed by atoms with van der Waals surface area (Å²) in [6.07, 6.45) is 1.48. The van der Waals surface area contributed by atoms with Crippen LogP contribution in [0.2, 0.25) is 0 Å². The summed E-state index contributed by atoms with van der Waals surface area (Å²) in [5.41, 5.74) is 1.07. The number of carbonyl (C=O) groups is 1. The van der Waals surface area contributed by atoms with Crippen molar-refractivity contribution in [1.29, 1.82) is 0 Å². The third-order valence-corrected chi connectivity index (χ3v) is 4.18. The SMILES string of the molecule is CC(=O)OC1CCC[C@H]([C@@H]2OC(C)(C)O[C@@H]2c2ccccc2)O1. The fourth-order valence-corrected chi connectivity index (χ4v) is 3.29. The van der Waals surface area contributed by atoms with Crippen LogP contribution >= 0.6 is 0 Å². The molecule has 23 heavy (non-hydrogen) atoms. The van der Waals surface area contributed by atoms with Crippen molar-refractivity contribution in [3.63, 3.8) is 0 Å². The van der Waals surface area contributed by atoms with Gasteiger partial charge in [0.05, 0.1) is 6.10 Å². The third kappa shape index (κ3) is 3.91. The lowest BCUT2D eigenvalue weighted by molar-refractivity contribution is -0.224. The Morgan fingerprint density at radius 1 is 1.17 bits per heavy atom. The molecule has 5 heteroatoms. The highest BCUT2D eigenvalue weighted by Crippen LogP contribution is 2.42. The van der Waals surface area contributed by atoms with E-state index in [4.69, 9.17) is 18.9 Å². The van der Waals surface area contributed by atoms with Crippen LogP contribution < -0.4 is 0 Å². The highest BCUT2D eigenvalue weighted by molar-refractivity contribution is 5.66. The second-order valence-electron chi connectivity index (χ2n) is 6.58. The summed E-state index contributed by atoms with van der Waals surface area (Å²) in [7, 11) is 0. The average molecular weight is 320 g/mol. The number of rotatable bonds is 3. The van der Waals surface area contributed by atoms with Crippen LogP contribution in [0.5, 0.6) is 0 Å². The predicted octanol–water partition coefficient (Wildman–Crippen LogP) is 3.34. The number of hydrogen-bond donors (Lipinski definition) is 0. The molecule has 0 N–H and O–H groups in total. The molecule has 1 unspecified atom stereocenters. The molecule has 0 radical (unpaired) electrons. The molecule has 126 valence electrons. The zero-order valence-electron chi connectivity index (χ0n) is 13.9. The molecular formula is C18H24O5. The summed E-state index contributed by atoms with van der Waals surface area (Å²) in [4.78, 5) is 11.2. The minimum atomic E-state index is -0.664. The zero-order valence-corrected chi connectivity index (χ0v) is 13.9. The van der Waals surface area contributed by atoms with Gasteiger partial charge >= 0.3 is 5.97 Å². The van der Waals surface area contributed by atoms with Gasteiger partial charge in [-0.15, -0.1) is 0 Å². The van der Waals surface area contributed by atoms with Crippen molar-refractivity contribution in [3.8, 4) is 0 Å². The summed E-state index contributed by atoms with van der Waals surface area (Å²) in [6, 6.07) is 10.0. The molecule has 5 nitrogen and oxygen atoms in total. The largest absolute Gasteiger partial charge is 0.436 e. The van der Waals surface area contributed by atoms with E-state index in [1.54, 1.807) is 0 Å². The van der Waals surface area contributed by atoms with Gasteiger partial charge in [-0.05, 0) is 32.3 Å². The first-order valence-corrected chi connectivity index (χ1v) is 8.18. The van der Waals surface area contributed by atoms with Crippen molar-refractivity contribution >= 4 is 5.97 Å². The summed E-state index contributed by atoms with van der Waals surface area (Å²) in [6.45, 7) is 5.22. The highest BCUT2D eigenvalue weighted by atomic mass is 16.8. The lowest BCUT2D eigenvalue weighted by atomic mass is 9.95. The normalized spacial score (nSPS) is 33.3. The lowest BCUT2D eigenvalue weighted by Gasteiger charge is -2.34. The molecule has 0 aromatic heterocycles. The fraction of sp³-hybridized carbons (Fsp3) is 0.611. The molecule has 4 atom stereocenters. The van der Waals surface area contributed by atoms with Gasteiger partial charge in [-0.25, -0.2) is 0 Å². The van der Waals surface area contributed by atoms with Crippen LogP contribution in [0.4, 0.5) is 0 Å². The van der Waals surface area contributed by atoms with E-state index in [-0.39, 0.29) is 24.3 Å². The number of benzene rings is 1. The number of carbonyl (C=O) groups excluding carboxylic acids is 1. The molecule has 1 aromatic rings. The van der Waals surface area contributed by atoms with Crippen LogP contribution in [0.15, 0.2) is 30.3 Å². The smallest absolute Gasteiger partial charge is 0.304 e. The molecule has 0 aliphatic carbocycles. The Labute approximate surface area is 136 Å². The van der Waals surface area contributed by atoms with Gasteiger partial charge in [0.15, 0.2) is 5.79 Å². The molecule has 0 saturated carbocycles. The predicted molar refractivity (Wildman–Crippen MR) is 83.5 cm³/mol. The second kappa shape index (κ2) is 6.59. The molecule has 1 aromatic carbocycles. The lowest BCUT2D eigenvalue weighted by Crippen LogP contribution is -2.41. The number of ether oxygens (including phenoxy) is 4. The topological polar surface area (TPSA) is 54.0 Å². The van der Waals surface area contributed by atoms with E-state index < -0.39 is 12.1 Å². The van der Waals surface area contributed by atoms with Gasteiger partial charge in [0.1, 0.15) is 12.2 Å². The van der Waals surface area contributed by atoms with Crippen LogP contribution in [-0.2, 0) is 23.7 Å². The van der Waals surface area contributed by atoms with E-state index in [9.17, 15) is 4.79 Å². The Kier molecular flexibility index (Phi) is 4.71. The third-order valence-electron chi connectivity index (χ3n) is 4.18. The van der Waals surface area contributed by atoms with E-state index in [0.29, 0.717) is 0 Å². The van der Waals surface area contributed by atoms with Crippen molar-refractivity contribution in [2.24, 2.45) is 0 Å². The van der Waals surface area contributed by atoms with E-state index in [2.05, 4.69) is 0 Å². The first-order valence-electron chi connectivity index (χ1n) is 8.18. The molecule has 2 saturated heterocycles. The molecule has 3 rings (SSSR count). The average Bonchev–Trinajstić information content (AvgIpc) is 2.84. The van der Waals surface area contributed by atoms with E-state index in [1.165, 1.54) is 6.92 Å². The van der Waals surface area contributed by atoms with Gasteiger partial charge < -0.3 is 18.9 Å². The van der Waals surface area contributed by atoms with Gasteiger partial charge in [-0.1, -0.05) is 30.3 Å². The van der Waals surface area contributed by atoms with Crippen molar-refractivity contribution in [2.45, 2.75) is 70.4 Å². The quantitative estimate of drug-likeness (QED) is 0.800. The van der Waals surface area contributed by atoms with Gasteiger partial charge in [-0.2, -0.15) is 0 Å². The van der Waals surface area contributed by atoms with Crippen molar-refractivity contribution in [3.05, 3.63) is 35.9 Å². The molecule has 0 bridgehead atoms. The standard InChI is InChI=1S/C18H24O5/c1-12(19)20-15-11-7-10-14(21-15)17-16(22-18(2,3)23-17)13-8-5-4-6-9-13/h4-6,8-9,14-17H,7,10-11H2,1-3H3/t14-,15?,16-,17+/m1/s1. The Hall–Kier alpha value is -1.43. The fourth-order valence-electron chi connectivity index (χ4n) is 3.29. The van der Waals surface area contributed by atoms with Crippen molar-refractivity contribution < 1.29 is 23.7 Å². The number of esters is 1. The Morgan fingerprint density at radius 3 is 2.61 bits per heavy atom. The minimum Gasteiger partial charge on any atom is -0.436 e. The van der Waals surface area contributed by atoms with Crippen LogP contribution in [0, 0.1) is 0 Å². The molecule has 0 amide bonds. The van der Waals surface area contributed by atoms with Crippen LogP contribution in [0.25, 0.3) is 0 Å². The van der Waals surface area contributed by atoms with Gasteiger partial charge in [0.25, 0.3) is 0 Å². The first kappa shape index (κ1) is 16.4. The summed E-state index contributed by atoms with van der Waals surface area (Å²) in [5.74, 6) is -0.984. The Morgan fingerprint density at radius 2 is 1.91 bits per heavy atom.